The van der Waals surface area contributed by atoms with Crippen LogP contribution in [0.15, 0.2) is 49.2 Å². The SMILES string of the molecule is CC(C)(C)OC(=O)NC1CCC(CNc2cncnc2-c2cnn(-c3ccccc3F)c2)CC1. The van der Waals surface area contributed by atoms with Gasteiger partial charge in [-0.3, -0.25) is 0 Å². The van der Waals surface area contributed by atoms with Gasteiger partial charge in [-0.2, -0.15) is 5.10 Å². The van der Waals surface area contributed by atoms with Crippen LogP contribution in [0.2, 0.25) is 0 Å². The van der Waals surface area contributed by atoms with Crippen molar-refractivity contribution in [2.45, 2.75) is 58.1 Å². The van der Waals surface area contributed by atoms with Gasteiger partial charge in [0.05, 0.1) is 23.8 Å². The molecule has 34 heavy (non-hydrogen) atoms. The van der Waals surface area contributed by atoms with Crippen molar-refractivity contribution in [3.05, 3.63) is 55.0 Å². The molecule has 8 nitrogen and oxygen atoms in total. The Morgan fingerprint density at radius 1 is 1.18 bits per heavy atom. The molecule has 3 aromatic rings. The van der Waals surface area contributed by atoms with Crippen molar-refractivity contribution in [2.24, 2.45) is 5.92 Å². The number of halogens is 1. The maximum atomic E-state index is 14.1. The Bertz CT molecular complexity index is 1120. The number of hydrogen-bond donors (Lipinski definition) is 2. The average molecular weight is 467 g/mol. The van der Waals surface area contributed by atoms with Gasteiger partial charge in [-0.15, -0.1) is 0 Å². The molecular weight excluding hydrogens is 435 g/mol. The summed E-state index contributed by atoms with van der Waals surface area (Å²) < 4.78 is 21.0. The minimum atomic E-state index is -0.494. The molecule has 9 heteroatoms. The van der Waals surface area contributed by atoms with E-state index in [9.17, 15) is 9.18 Å². The predicted molar refractivity (Wildman–Crippen MR) is 128 cm³/mol. The standard InChI is InChI=1S/C25H31FN6O2/c1-25(2,3)34-24(33)31-19-10-8-17(9-11-19)12-28-21-14-27-16-29-23(21)18-13-30-32(15-18)22-7-5-4-6-20(22)26/h4-7,13-17,19,28H,8-12H2,1-3H3,(H,31,33). The molecule has 2 heterocycles. The van der Waals surface area contributed by atoms with Crippen molar-refractivity contribution >= 4 is 11.8 Å². The molecule has 0 aliphatic heterocycles. The van der Waals surface area contributed by atoms with Crippen LogP contribution in [-0.4, -0.2) is 44.0 Å². The van der Waals surface area contributed by atoms with E-state index in [-0.39, 0.29) is 18.0 Å². The number of benzene rings is 1. The van der Waals surface area contributed by atoms with E-state index in [4.69, 9.17) is 4.74 Å². The number of amides is 1. The molecule has 2 N–H and O–H groups in total. The summed E-state index contributed by atoms with van der Waals surface area (Å²) in [4.78, 5) is 20.6. The third kappa shape index (κ3) is 6.09. The second-order valence-corrected chi connectivity index (χ2v) is 9.65. The summed E-state index contributed by atoms with van der Waals surface area (Å²) in [6.45, 7) is 6.37. The molecule has 1 aromatic carbocycles. The lowest BCUT2D eigenvalue weighted by Crippen LogP contribution is -2.41. The minimum absolute atomic E-state index is 0.144. The summed E-state index contributed by atoms with van der Waals surface area (Å²) in [7, 11) is 0. The van der Waals surface area contributed by atoms with Crippen LogP contribution in [0, 0.1) is 11.7 Å². The number of rotatable bonds is 6. The van der Waals surface area contributed by atoms with Gasteiger partial charge < -0.3 is 15.4 Å². The molecule has 1 fully saturated rings. The van der Waals surface area contributed by atoms with E-state index >= 15 is 0 Å². The van der Waals surface area contributed by atoms with Gasteiger partial charge in [-0.25, -0.2) is 23.8 Å². The van der Waals surface area contributed by atoms with Crippen LogP contribution >= 0.6 is 0 Å². The third-order valence-electron chi connectivity index (χ3n) is 5.82. The van der Waals surface area contributed by atoms with Crippen molar-refractivity contribution < 1.29 is 13.9 Å². The van der Waals surface area contributed by atoms with E-state index < -0.39 is 5.60 Å². The van der Waals surface area contributed by atoms with Crippen LogP contribution in [0.3, 0.4) is 0 Å². The summed E-state index contributed by atoms with van der Waals surface area (Å²) in [6.07, 6.45) is 10.2. The summed E-state index contributed by atoms with van der Waals surface area (Å²) in [5.41, 5.74) is 2.20. The Labute approximate surface area is 199 Å². The molecule has 1 saturated carbocycles. The summed E-state index contributed by atoms with van der Waals surface area (Å²) in [5.74, 6) is 0.140. The fourth-order valence-corrected chi connectivity index (χ4v) is 4.14. The van der Waals surface area contributed by atoms with Crippen molar-refractivity contribution in [3.63, 3.8) is 0 Å². The monoisotopic (exact) mass is 466 g/mol. The second kappa shape index (κ2) is 10.2. The highest BCUT2D eigenvalue weighted by Gasteiger charge is 2.25. The molecule has 0 bridgehead atoms. The highest BCUT2D eigenvalue weighted by atomic mass is 19.1. The number of ether oxygens (including phenoxy) is 1. The number of hydrogen-bond acceptors (Lipinski definition) is 6. The second-order valence-electron chi connectivity index (χ2n) is 9.65. The number of aromatic nitrogens is 4. The third-order valence-corrected chi connectivity index (χ3v) is 5.82. The molecule has 4 rings (SSSR count). The van der Waals surface area contributed by atoms with Crippen LogP contribution < -0.4 is 10.6 Å². The van der Waals surface area contributed by atoms with Crippen LogP contribution in [0.4, 0.5) is 14.9 Å². The van der Waals surface area contributed by atoms with Crippen molar-refractivity contribution in [2.75, 3.05) is 11.9 Å². The minimum Gasteiger partial charge on any atom is -0.444 e. The Balaban J connectivity index is 1.34. The zero-order valence-corrected chi connectivity index (χ0v) is 19.8. The first-order chi connectivity index (χ1) is 16.3. The number of nitrogens with zero attached hydrogens (tertiary/aromatic N) is 4. The van der Waals surface area contributed by atoms with Crippen molar-refractivity contribution in [3.8, 4) is 16.9 Å². The fraction of sp³-hybridized carbons (Fsp3) is 0.440. The lowest BCUT2D eigenvalue weighted by Gasteiger charge is -2.30. The van der Waals surface area contributed by atoms with Crippen LogP contribution in [0.5, 0.6) is 0 Å². The molecule has 0 radical (unpaired) electrons. The fourth-order valence-electron chi connectivity index (χ4n) is 4.14. The predicted octanol–water partition coefficient (Wildman–Crippen LogP) is 4.96. The topological polar surface area (TPSA) is 94.0 Å². The molecule has 1 amide bonds. The molecule has 0 saturated heterocycles. The van der Waals surface area contributed by atoms with Crippen molar-refractivity contribution in [1.29, 1.82) is 0 Å². The quantitative estimate of drug-likeness (QED) is 0.533. The molecule has 0 atom stereocenters. The van der Waals surface area contributed by atoms with Crippen LogP contribution in [-0.2, 0) is 4.74 Å². The molecule has 0 spiro atoms. The largest absolute Gasteiger partial charge is 0.444 e. The summed E-state index contributed by atoms with van der Waals surface area (Å²) >= 11 is 0. The van der Waals surface area contributed by atoms with E-state index in [0.717, 1.165) is 49.2 Å². The van der Waals surface area contributed by atoms with Gasteiger partial charge in [-0.05, 0) is 64.5 Å². The van der Waals surface area contributed by atoms with Gasteiger partial charge in [0, 0.05) is 24.3 Å². The highest BCUT2D eigenvalue weighted by Crippen LogP contribution is 2.28. The maximum Gasteiger partial charge on any atom is 0.407 e. The Hall–Kier alpha value is -3.49. The number of carbonyl (C=O) groups excluding carboxylic acids is 1. The zero-order valence-electron chi connectivity index (χ0n) is 19.8. The number of para-hydroxylation sites is 1. The Morgan fingerprint density at radius 2 is 1.94 bits per heavy atom. The van der Waals surface area contributed by atoms with E-state index in [1.165, 1.54) is 17.1 Å². The van der Waals surface area contributed by atoms with Gasteiger partial charge in [0.15, 0.2) is 0 Å². The highest BCUT2D eigenvalue weighted by molar-refractivity contribution is 5.72. The first kappa shape index (κ1) is 23.7. The molecule has 0 unspecified atom stereocenters. The zero-order chi connectivity index (χ0) is 24.1. The van der Waals surface area contributed by atoms with Gasteiger partial charge >= 0.3 is 6.09 Å². The molecule has 1 aliphatic rings. The number of alkyl carbamates (subject to hydrolysis) is 1. The first-order valence-electron chi connectivity index (χ1n) is 11.6. The number of anilines is 1. The van der Waals surface area contributed by atoms with Gasteiger partial charge in [-0.1, -0.05) is 12.1 Å². The smallest absolute Gasteiger partial charge is 0.407 e. The summed E-state index contributed by atoms with van der Waals surface area (Å²) in [6, 6.07) is 6.66. The Morgan fingerprint density at radius 3 is 2.68 bits per heavy atom. The van der Waals surface area contributed by atoms with E-state index in [2.05, 4.69) is 25.7 Å². The number of carbonyl (C=O) groups is 1. The van der Waals surface area contributed by atoms with Gasteiger partial charge in [0.2, 0.25) is 0 Å². The maximum absolute atomic E-state index is 14.1. The molecular formula is C25H31FN6O2. The van der Waals surface area contributed by atoms with Gasteiger partial charge in [0.25, 0.3) is 0 Å². The van der Waals surface area contributed by atoms with Crippen LogP contribution in [0.1, 0.15) is 46.5 Å². The van der Waals surface area contributed by atoms with Crippen molar-refractivity contribution in [1.82, 2.24) is 25.1 Å². The normalized spacial score (nSPS) is 18.4. The number of nitrogens with one attached hydrogen (secondary N) is 2. The lowest BCUT2D eigenvalue weighted by atomic mass is 9.86. The first-order valence-corrected chi connectivity index (χ1v) is 11.6. The average Bonchev–Trinajstić information content (AvgIpc) is 3.28. The van der Waals surface area contributed by atoms with Crippen LogP contribution in [0.25, 0.3) is 16.9 Å². The van der Waals surface area contributed by atoms with Gasteiger partial charge in [0.1, 0.15) is 23.4 Å². The van der Waals surface area contributed by atoms with E-state index in [0.29, 0.717) is 11.6 Å². The summed E-state index contributed by atoms with van der Waals surface area (Å²) in [5, 5.41) is 10.8. The molecule has 180 valence electrons. The molecule has 1 aliphatic carbocycles. The Kier molecular flexibility index (Phi) is 7.09. The lowest BCUT2D eigenvalue weighted by molar-refractivity contribution is 0.0488. The van der Waals surface area contributed by atoms with E-state index in [1.807, 2.05) is 20.8 Å². The molecule has 2 aromatic heterocycles. The van der Waals surface area contributed by atoms with E-state index in [1.54, 1.807) is 36.8 Å².